The second-order valence-corrected chi connectivity index (χ2v) is 10.7. The van der Waals surface area contributed by atoms with Crippen LogP contribution in [0.5, 0.6) is 0 Å². The van der Waals surface area contributed by atoms with Crippen molar-refractivity contribution in [2.24, 2.45) is 4.99 Å². The molecule has 0 saturated carbocycles. The third kappa shape index (κ3) is 7.33. The first-order chi connectivity index (χ1) is 16.8. The minimum Gasteiger partial charge on any atom is -0.286 e. The zero-order chi connectivity index (χ0) is 25.3. The highest BCUT2D eigenvalue weighted by atomic mass is 32.2. The lowest BCUT2D eigenvalue weighted by molar-refractivity contribution is -0.433. The van der Waals surface area contributed by atoms with E-state index in [-0.39, 0.29) is 5.75 Å². The molecule has 0 spiro atoms. The highest BCUT2D eigenvalue weighted by Gasteiger charge is 2.47. The fourth-order valence-electron chi connectivity index (χ4n) is 4.42. The van der Waals surface area contributed by atoms with E-state index in [1.54, 1.807) is 0 Å². The minimum atomic E-state index is -3.99. The summed E-state index contributed by atoms with van der Waals surface area (Å²) in [4.78, 5) is 5.24. The van der Waals surface area contributed by atoms with Crippen molar-refractivity contribution in [3.8, 4) is 0 Å². The summed E-state index contributed by atoms with van der Waals surface area (Å²) >= 11 is 0.904. The molecule has 1 aliphatic heterocycles. The largest absolute Gasteiger partial charge is 0.286 e. The van der Waals surface area contributed by atoms with Gasteiger partial charge in [-0.25, -0.2) is 5.26 Å². The van der Waals surface area contributed by atoms with Crippen LogP contribution in [0.25, 0.3) is 0 Å². The lowest BCUT2D eigenvalue weighted by Gasteiger charge is -2.22. The molecule has 2 aromatic carbocycles. The maximum absolute atomic E-state index is 11.2. The van der Waals surface area contributed by atoms with Crippen molar-refractivity contribution in [3.63, 3.8) is 0 Å². The van der Waals surface area contributed by atoms with Gasteiger partial charge in [0.2, 0.25) is 5.69 Å². The normalized spacial score (nSPS) is 18.2. The molecular formula is C25H31N2O6S2+. The Morgan fingerprint density at radius 1 is 1.17 bits per heavy atom. The summed E-state index contributed by atoms with van der Waals surface area (Å²) in [7, 11) is -3.99. The van der Waals surface area contributed by atoms with Crippen LogP contribution in [0, 0.1) is 0 Å². The van der Waals surface area contributed by atoms with Crippen molar-refractivity contribution in [1.29, 1.82) is 0 Å². The molecule has 1 heterocycles. The molecule has 1 aliphatic rings. The van der Waals surface area contributed by atoms with Crippen LogP contribution in [0.1, 0.15) is 45.1 Å². The van der Waals surface area contributed by atoms with Crippen LogP contribution >= 0.6 is 12.0 Å². The predicted molar refractivity (Wildman–Crippen MR) is 139 cm³/mol. The Kier molecular flexibility index (Phi) is 9.79. The van der Waals surface area contributed by atoms with Gasteiger partial charge < -0.3 is 0 Å². The average Bonchev–Trinajstić information content (AvgIpc) is 3.07. The highest BCUT2D eigenvalue weighted by molar-refractivity contribution is 7.94. The molecule has 8 nitrogen and oxygen atoms in total. The molecule has 0 aliphatic carbocycles. The van der Waals surface area contributed by atoms with Crippen LogP contribution in [0.3, 0.4) is 0 Å². The third-order valence-corrected chi connectivity index (χ3v) is 7.41. The van der Waals surface area contributed by atoms with E-state index in [9.17, 15) is 8.42 Å². The van der Waals surface area contributed by atoms with Crippen molar-refractivity contribution in [1.82, 2.24) is 0 Å². The fraction of sp³-hybridized carbons (Fsp3) is 0.360. The molecule has 0 radical (unpaired) electrons. The van der Waals surface area contributed by atoms with Gasteiger partial charge in [-0.3, -0.25) is 9.55 Å². The van der Waals surface area contributed by atoms with Crippen molar-refractivity contribution in [3.05, 3.63) is 66.2 Å². The molecular weight excluding hydrogens is 488 g/mol. The second-order valence-electron chi connectivity index (χ2n) is 8.39. The van der Waals surface area contributed by atoms with Crippen molar-refractivity contribution in [2.75, 3.05) is 12.3 Å². The second kappa shape index (κ2) is 12.6. The predicted octanol–water partition coefficient (Wildman–Crippen LogP) is 5.90. The molecule has 10 heteroatoms. The Labute approximate surface area is 210 Å². The van der Waals surface area contributed by atoms with E-state index in [0.29, 0.717) is 25.7 Å². The number of unbranched alkanes of at least 4 members (excludes halogenated alkanes) is 1. The lowest BCUT2D eigenvalue weighted by atomic mass is 9.75. The molecule has 35 heavy (non-hydrogen) atoms. The molecule has 188 valence electrons. The van der Waals surface area contributed by atoms with Crippen molar-refractivity contribution >= 4 is 45.5 Å². The monoisotopic (exact) mass is 519 g/mol. The van der Waals surface area contributed by atoms with Crippen LogP contribution in [-0.4, -0.2) is 47.0 Å². The number of fused-ring (bicyclic) bond motifs is 1. The van der Waals surface area contributed by atoms with E-state index in [1.807, 2.05) is 54.7 Å². The topological polar surface area (TPSA) is 108 Å². The van der Waals surface area contributed by atoms with Crippen LogP contribution in [0.4, 0.5) is 11.4 Å². The van der Waals surface area contributed by atoms with E-state index < -0.39 is 15.5 Å². The Bertz CT molecular complexity index is 1200. The van der Waals surface area contributed by atoms with E-state index in [0.717, 1.165) is 46.1 Å². The Morgan fingerprint density at radius 3 is 2.63 bits per heavy atom. The number of hydrogen-bond acceptors (Lipinski definition) is 7. The number of benzene rings is 2. The SMILES string of the molecule is CC[N+]1=C(/C=C/CC=Nc2ccccc2)C(C)(CCCCS(=O)(=O)O)c2cc(SOOO)ccc21. The Balaban J connectivity index is 1.87. The third-order valence-electron chi connectivity index (χ3n) is 6.03. The zero-order valence-electron chi connectivity index (χ0n) is 19.8. The summed E-state index contributed by atoms with van der Waals surface area (Å²) < 4.78 is 38.4. The maximum atomic E-state index is 11.2. The highest BCUT2D eigenvalue weighted by Crippen LogP contribution is 2.45. The average molecular weight is 520 g/mol. The summed E-state index contributed by atoms with van der Waals surface area (Å²) in [5, 5.41) is 12.3. The van der Waals surface area contributed by atoms with Gasteiger partial charge in [0.1, 0.15) is 6.54 Å². The summed E-state index contributed by atoms with van der Waals surface area (Å²) in [6.45, 7) is 4.99. The Morgan fingerprint density at radius 2 is 1.94 bits per heavy atom. The zero-order valence-corrected chi connectivity index (χ0v) is 21.5. The van der Waals surface area contributed by atoms with Crippen LogP contribution in [-0.2, 0) is 24.9 Å². The van der Waals surface area contributed by atoms with Gasteiger partial charge >= 0.3 is 0 Å². The van der Waals surface area contributed by atoms with E-state index in [2.05, 4.69) is 44.9 Å². The van der Waals surface area contributed by atoms with Gasteiger partial charge in [0, 0.05) is 35.2 Å². The van der Waals surface area contributed by atoms with Gasteiger partial charge in [-0.1, -0.05) is 35.7 Å². The number of para-hydroxylation sites is 1. The summed E-state index contributed by atoms with van der Waals surface area (Å²) in [6.07, 6.45) is 8.40. The first kappa shape index (κ1) is 27.3. The molecule has 1 unspecified atom stereocenters. The number of nitrogens with zero attached hydrogens (tertiary/aromatic N) is 2. The molecule has 0 saturated heterocycles. The molecule has 1 atom stereocenters. The van der Waals surface area contributed by atoms with Gasteiger partial charge in [-0.2, -0.15) is 13.0 Å². The summed E-state index contributed by atoms with van der Waals surface area (Å²) in [5.74, 6) is -0.258. The molecule has 0 aromatic heterocycles. The van der Waals surface area contributed by atoms with Crippen LogP contribution < -0.4 is 0 Å². The number of hydrogen-bond donors (Lipinski definition) is 2. The number of rotatable bonds is 13. The van der Waals surface area contributed by atoms with Gasteiger partial charge in [-0.05, 0) is 51.0 Å². The van der Waals surface area contributed by atoms with Crippen LogP contribution in [0.2, 0.25) is 0 Å². The van der Waals surface area contributed by atoms with Crippen molar-refractivity contribution < 1.29 is 32.2 Å². The van der Waals surface area contributed by atoms with Gasteiger partial charge in [0.15, 0.2) is 5.71 Å². The quantitative estimate of drug-likeness (QED) is 0.0645. The molecule has 0 bridgehead atoms. The fourth-order valence-corrected chi connectivity index (χ4v) is 5.38. The molecule has 2 aromatic rings. The molecule has 0 amide bonds. The summed E-state index contributed by atoms with van der Waals surface area (Å²) in [6, 6.07) is 15.7. The summed E-state index contributed by atoms with van der Waals surface area (Å²) in [5.41, 5.74) is 3.76. The van der Waals surface area contributed by atoms with E-state index >= 15 is 0 Å². The molecule has 2 N–H and O–H groups in total. The lowest BCUT2D eigenvalue weighted by Crippen LogP contribution is -2.31. The van der Waals surface area contributed by atoms with E-state index in [4.69, 9.17) is 9.81 Å². The van der Waals surface area contributed by atoms with E-state index in [1.165, 1.54) is 0 Å². The van der Waals surface area contributed by atoms with Gasteiger partial charge in [0.05, 0.1) is 28.9 Å². The minimum absolute atomic E-state index is 0.258. The van der Waals surface area contributed by atoms with Gasteiger partial charge in [0.25, 0.3) is 10.1 Å². The van der Waals surface area contributed by atoms with Gasteiger partial charge in [-0.15, -0.1) is 4.33 Å². The van der Waals surface area contributed by atoms with Crippen LogP contribution in [0.15, 0.2) is 70.6 Å². The number of aliphatic imine (C=N–C) groups is 1. The van der Waals surface area contributed by atoms with Crippen molar-refractivity contribution in [2.45, 2.75) is 49.8 Å². The standard InChI is InChI=1S/C25H30N2O6S2/c1-3-27-23-15-14-21(34-33-32-28)19-22(23)25(2,16-8-10-18-35(29,30)31)24(27)13-7-9-17-26-20-11-5-4-6-12-20/h4-7,11-15,17,19H,3,8-10,16,18H2,1-2H3,(H-,28,29,30,31)/p+1/b13-7+,26-17?. The number of allylic oxidation sites excluding steroid dienone is 2. The Hall–Kier alpha value is -2.34. The molecule has 0 fully saturated rings. The first-order valence-electron chi connectivity index (χ1n) is 11.4. The first-order valence-corrected chi connectivity index (χ1v) is 13.8. The smallest absolute Gasteiger partial charge is 0.264 e. The maximum Gasteiger partial charge on any atom is 0.264 e. The molecule has 3 rings (SSSR count).